The lowest BCUT2D eigenvalue weighted by atomic mass is 10.0. The maximum atomic E-state index is 11.1. The molecule has 0 radical (unpaired) electrons. The summed E-state index contributed by atoms with van der Waals surface area (Å²) in [5.41, 5.74) is 2.82. The van der Waals surface area contributed by atoms with E-state index in [0.29, 0.717) is 5.56 Å². The van der Waals surface area contributed by atoms with E-state index in [2.05, 4.69) is 4.98 Å². The highest BCUT2D eigenvalue weighted by Gasteiger charge is 2.11. The van der Waals surface area contributed by atoms with E-state index in [1.165, 1.54) is 12.3 Å². The van der Waals surface area contributed by atoms with E-state index >= 15 is 0 Å². The number of nitrogens with zero attached hydrogens (tertiary/aromatic N) is 2. The van der Waals surface area contributed by atoms with Gasteiger partial charge in [-0.15, -0.1) is 0 Å². The molecule has 2 rings (SSSR count). The van der Waals surface area contributed by atoms with Gasteiger partial charge in [-0.3, -0.25) is 4.98 Å². The van der Waals surface area contributed by atoms with Crippen molar-refractivity contribution in [3.8, 4) is 11.1 Å². The lowest BCUT2D eigenvalue weighted by molar-refractivity contribution is 0.0697. The quantitative estimate of drug-likeness (QED) is 0.898. The molecule has 0 aliphatic rings. The van der Waals surface area contributed by atoms with Gasteiger partial charge in [0.05, 0.1) is 5.56 Å². The molecular formula is C14H14N2O2. The molecule has 0 atom stereocenters. The van der Waals surface area contributed by atoms with Gasteiger partial charge in [0.25, 0.3) is 0 Å². The normalized spacial score (nSPS) is 10.1. The highest BCUT2D eigenvalue weighted by atomic mass is 16.4. The van der Waals surface area contributed by atoms with Crippen LogP contribution in [-0.2, 0) is 0 Å². The Morgan fingerprint density at radius 1 is 1.17 bits per heavy atom. The molecule has 1 aromatic carbocycles. The number of carboxylic acid groups (broad SMARTS) is 1. The third kappa shape index (κ3) is 2.32. The predicted octanol–water partition coefficient (Wildman–Crippen LogP) is 2.51. The van der Waals surface area contributed by atoms with Crippen LogP contribution in [0.25, 0.3) is 11.1 Å². The van der Waals surface area contributed by atoms with Crippen molar-refractivity contribution in [2.45, 2.75) is 0 Å². The average molecular weight is 242 g/mol. The Hall–Kier alpha value is -2.36. The molecule has 0 saturated heterocycles. The van der Waals surface area contributed by atoms with Crippen molar-refractivity contribution in [1.82, 2.24) is 4.98 Å². The van der Waals surface area contributed by atoms with Crippen LogP contribution in [0, 0.1) is 0 Å². The van der Waals surface area contributed by atoms with Gasteiger partial charge >= 0.3 is 5.97 Å². The number of carboxylic acids is 1. The zero-order valence-electron chi connectivity index (χ0n) is 10.3. The Morgan fingerprint density at radius 2 is 1.83 bits per heavy atom. The van der Waals surface area contributed by atoms with Gasteiger partial charge in [0, 0.05) is 37.7 Å². The topological polar surface area (TPSA) is 53.4 Å². The number of pyridine rings is 1. The number of anilines is 1. The second-order valence-corrected chi connectivity index (χ2v) is 4.17. The molecule has 2 aromatic rings. The van der Waals surface area contributed by atoms with Crippen LogP contribution in [0.15, 0.2) is 42.7 Å². The molecule has 4 heteroatoms. The second kappa shape index (κ2) is 4.87. The lowest BCUT2D eigenvalue weighted by Gasteiger charge is -2.13. The van der Waals surface area contributed by atoms with Crippen LogP contribution in [-0.4, -0.2) is 30.2 Å². The number of rotatable bonds is 3. The van der Waals surface area contributed by atoms with Gasteiger partial charge in [-0.05, 0) is 23.8 Å². The molecule has 0 fully saturated rings. The summed E-state index contributed by atoms with van der Waals surface area (Å²) in [7, 11) is 3.92. The van der Waals surface area contributed by atoms with Crippen molar-refractivity contribution in [1.29, 1.82) is 0 Å². The molecule has 0 bridgehead atoms. The van der Waals surface area contributed by atoms with Gasteiger partial charge in [0.15, 0.2) is 0 Å². The number of aromatic carboxylic acids is 1. The number of carbonyl (C=O) groups is 1. The molecule has 0 aliphatic heterocycles. The summed E-state index contributed by atoms with van der Waals surface area (Å²) in [5, 5.41) is 9.13. The van der Waals surface area contributed by atoms with Crippen LogP contribution in [0.3, 0.4) is 0 Å². The third-order valence-electron chi connectivity index (χ3n) is 2.75. The molecular weight excluding hydrogens is 228 g/mol. The minimum absolute atomic E-state index is 0.266. The van der Waals surface area contributed by atoms with E-state index in [4.69, 9.17) is 5.11 Å². The number of hydrogen-bond acceptors (Lipinski definition) is 3. The monoisotopic (exact) mass is 242 g/mol. The van der Waals surface area contributed by atoms with Crippen LogP contribution in [0.2, 0.25) is 0 Å². The number of aromatic nitrogens is 1. The van der Waals surface area contributed by atoms with Crippen molar-refractivity contribution in [3.05, 3.63) is 48.3 Å². The summed E-state index contributed by atoms with van der Waals surface area (Å²) < 4.78 is 0. The van der Waals surface area contributed by atoms with Crippen molar-refractivity contribution < 1.29 is 9.90 Å². The number of benzene rings is 1. The summed E-state index contributed by atoms with van der Waals surface area (Å²) in [4.78, 5) is 17.1. The van der Waals surface area contributed by atoms with Crippen molar-refractivity contribution >= 4 is 11.7 Å². The molecule has 4 nitrogen and oxygen atoms in total. The van der Waals surface area contributed by atoms with E-state index in [1.54, 1.807) is 6.20 Å². The van der Waals surface area contributed by atoms with Gasteiger partial charge in [-0.25, -0.2) is 4.79 Å². The molecule has 92 valence electrons. The smallest absolute Gasteiger partial charge is 0.336 e. The molecule has 0 unspecified atom stereocenters. The zero-order valence-corrected chi connectivity index (χ0v) is 10.3. The fraction of sp³-hybridized carbons (Fsp3) is 0.143. The molecule has 1 heterocycles. The number of hydrogen-bond donors (Lipinski definition) is 1. The molecule has 1 N–H and O–H groups in total. The first-order valence-electron chi connectivity index (χ1n) is 5.54. The molecule has 0 spiro atoms. The minimum atomic E-state index is -0.941. The van der Waals surface area contributed by atoms with Crippen LogP contribution in [0.1, 0.15) is 10.4 Å². The Bertz CT molecular complexity index is 562. The van der Waals surface area contributed by atoms with Crippen LogP contribution < -0.4 is 4.90 Å². The van der Waals surface area contributed by atoms with Crippen LogP contribution in [0.5, 0.6) is 0 Å². The molecule has 0 amide bonds. The maximum Gasteiger partial charge on any atom is 0.336 e. The summed E-state index contributed by atoms with van der Waals surface area (Å²) in [5.74, 6) is -0.941. The summed E-state index contributed by atoms with van der Waals surface area (Å²) in [6.07, 6.45) is 3.06. The van der Waals surface area contributed by atoms with Gasteiger partial charge in [0.1, 0.15) is 0 Å². The minimum Gasteiger partial charge on any atom is -0.478 e. The first-order chi connectivity index (χ1) is 8.59. The van der Waals surface area contributed by atoms with E-state index < -0.39 is 5.97 Å². The highest BCUT2D eigenvalue weighted by Crippen LogP contribution is 2.24. The predicted molar refractivity (Wildman–Crippen MR) is 71.0 cm³/mol. The molecule has 1 aromatic heterocycles. The zero-order chi connectivity index (χ0) is 13.1. The Kier molecular flexibility index (Phi) is 3.28. The summed E-state index contributed by atoms with van der Waals surface area (Å²) >= 11 is 0. The fourth-order valence-corrected chi connectivity index (χ4v) is 1.75. The first kappa shape index (κ1) is 12.1. The van der Waals surface area contributed by atoms with Gasteiger partial charge in [0.2, 0.25) is 0 Å². The Labute approximate surface area is 106 Å². The SMILES string of the molecule is CN(C)c1ccc(-c2cnccc2C(=O)O)cc1. The summed E-state index contributed by atoms with van der Waals surface area (Å²) in [6.45, 7) is 0. The van der Waals surface area contributed by atoms with Crippen LogP contribution >= 0.6 is 0 Å². The van der Waals surface area contributed by atoms with E-state index in [1.807, 2.05) is 43.3 Å². The van der Waals surface area contributed by atoms with E-state index in [0.717, 1.165) is 11.3 Å². The van der Waals surface area contributed by atoms with Gasteiger partial charge in [-0.1, -0.05) is 12.1 Å². The Morgan fingerprint density at radius 3 is 2.39 bits per heavy atom. The van der Waals surface area contributed by atoms with Crippen molar-refractivity contribution in [2.75, 3.05) is 19.0 Å². The van der Waals surface area contributed by atoms with E-state index in [-0.39, 0.29) is 5.56 Å². The van der Waals surface area contributed by atoms with Crippen LogP contribution in [0.4, 0.5) is 5.69 Å². The van der Waals surface area contributed by atoms with E-state index in [9.17, 15) is 4.79 Å². The van der Waals surface area contributed by atoms with Gasteiger partial charge < -0.3 is 10.0 Å². The van der Waals surface area contributed by atoms with Crippen molar-refractivity contribution in [3.63, 3.8) is 0 Å². The molecule has 0 aliphatic carbocycles. The maximum absolute atomic E-state index is 11.1. The molecule has 18 heavy (non-hydrogen) atoms. The molecule has 0 saturated carbocycles. The highest BCUT2D eigenvalue weighted by molar-refractivity contribution is 5.95. The first-order valence-corrected chi connectivity index (χ1v) is 5.54. The lowest BCUT2D eigenvalue weighted by Crippen LogP contribution is -2.08. The van der Waals surface area contributed by atoms with Gasteiger partial charge in [-0.2, -0.15) is 0 Å². The Balaban J connectivity index is 2.46. The fourth-order valence-electron chi connectivity index (χ4n) is 1.75. The third-order valence-corrected chi connectivity index (χ3v) is 2.75. The largest absolute Gasteiger partial charge is 0.478 e. The standard InChI is InChI=1S/C14H14N2O2/c1-16(2)11-5-3-10(4-6-11)13-9-15-8-7-12(13)14(17)18/h3-9H,1-2H3,(H,17,18). The summed E-state index contributed by atoms with van der Waals surface area (Å²) in [6, 6.07) is 9.22. The average Bonchev–Trinajstić information content (AvgIpc) is 2.39. The van der Waals surface area contributed by atoms with Crippen molar-refractivity contribution in [2.24, 2.45) is 0 Å². The second-order valence-electron chi connectivity index (χ2n) is 4.17.